The van der Waals surface area contributed by atoms with Crippen molar-refractivity contribution in [3.8, 4) is 0 Å². The van der Waals surface area contributed by atoms with Gasteiger partial charge in [0.25, 0.3) is 0 Å². The summed E-state index contributed by atoms with van der Waals surface area (Å²) in [7, 11) is 1.75. The van der Waals surface area contributed by atoms with E-state index in [1.807, 2.05) is 18.2 Å². The van der Waals surface area contributed by atoms with Gasteiger partial charge in [-0.2, -0.15) is 5.10 Å². The number of nitrogens with one attached hydrogen (secondary N) is 1. The summed E-state index contributed by atoms with van der Waals surface area (Å²) in [4.78, 5) is 18.5. The molecule has 0 saturated carbocycles. The number of rotatable bonds is 4. The van der Waals surface area contributed by atoms with Crippen molar-refractivity contribution in [1.82, 2.24) is 15.2 Å². The monoisotopic (exact) mass is 455 g/mol. The second-order valence-electron chi connectivity index (χ2n) is 7.74. The maximum absolute atomic E-state index is 12.8. The molecule has 0 aromatic heterocycles. The number of hydrazone groups is 1. The van der Waals surface area contributed by atoms with Gasteiger partial charge < -0.3 is 10.2 Å². The van der Waals surface area contributed by atoms with Crippen LogP contribution < -0.4 is 10.2 Å². The van der Waals surface area contributed by atoms with E-state index in [4.69, 9.17) is 0 Å². The molecule has 1 fully saturated rings. The molecule has 2 atom stereocenters. The Bertz CT molecular complexity index is 992. The average molecular weight is 456 g/mol. The number of carbonyl (C=O) groups is 1. The first kappa shape index (κ1) is 21.7. The third-order valence-corrected chi connectivity index (χ3v) is 7.04. The summed E-state index contributed by atoms with van der Waals surface area (Å²) in [5.74, 6) is 0.0762. The van der Waals surface area contributed by atoms with Crippen LogP contribution in [0.5, 0.6) is 0 Å². The van der Waals surface area contributed by atoms with Crippen LogP contribution >= 0.6 is 24.2 Å². The molecule has 0 bridgehead atoms. The fourth-order valence-electron chi connectivity index (χ4n) is 4.17. The van der Waals surface area contributed by atoms with E-state index in [0.29, 0.717) is 0 Å². The number of amides is 1. The Balaban J connectivity index is 0.00000231. The molecular formula is C23H26ClN5OS. The number of piperidine rings is 1. The highest BCUT2D eigenvalue weighted by Gasteiger charge is 2.39. The molecular weight excluding hydrogens is 430 g/mol. The predicted molar refractivity (Wildman–Crippen MR) is 129 cm³/mol. The molecule has 8 heteroatoms. The smallest absolute Gasteiger partial charge is 0.246 e. The Kier molecular flexibility index (Phi) is 6.55. The van der Waals surface area contributed by atoms with Crippen molar-refractivity contribution >= 4 is 47.8 Å². The van der Waals surface area contributed by atoms with E-state index in [1.54, 1.807) is 25.1 Å². The van der Waals surface area contributed by atoms with E-state index in [1.165, 1.54) is 15.6 Å². The van der Waals surface area contributed by atoms with Gasteiger partial charge in [-0.3, -0.25) is 9.69 Å². The van der Waals surface area contributed by atoms with E-state index in [2.05, 4.69) is 62.8 Å². The van der Waals surface area contributed by atoms with E-state index in [9.17, 15) is 4.79 Å². The molecule has 3 aliphatic heterocycles. The summed E-state index contributed by atoms with van der Waals surface area (Å²) < 4.78 is 0. The predicted octanol–water partition coefficient (Wildman–Crippen LogP) is 4.02. The van der Waals surface area contributed by atoms with E-state index < -0.39 is 0 Å². The van der Waals surface area contributed by atoms with Crippen molar-refractivity contribution in [3.63, 3.8) is 0 Å². The first-order valence-corrected chi connectivity index (χ1v) is 11.2. The number of carbonyl (C=O) groups excluding carboxylic acids is 1. The Morgan fingerprint density at radius 1 is 1.19 bits per heavy atom. The van der Waals surface area contributed by atoms with Crippen molar-refractivity contribution in [2.75, 3.05) is 25.0 Å². The summed E-state index contributed by atoms with van der Waals surface area (Å²) in [6, 6.07) is 18.8. The Morgan fingerprint density at radius 2 is 1.97 bits per heavy atom. The number of fused-ring (bicyclic) bond motifs is 3. The number of nitrogens with zero attached hydrogens (tertiary/aromatic N) is 4. The second-order valence-corrected chi connectivity index (χ2v) is 8.84. The zero-order valence-electron chi connectivity index (χ0n) is 17.3. The summed E-state index contributed by atoms with van der Waals surface area (Å²) in [5, 5.41) is 9.36. The maximum atomic E-state index is 12.8. The molecule has 5 rings (SSSR count). The highest BCUT2D eigenvalue weighted by atomic mass is 35.5. The van der Waals surface area contributed by atoms with Gasteiger partial charge in [-0.1, -0.05) is 54.2 Å². The molecule has 3 heterocycles. The quantitative estimate of drug-likeness (QED) is 0.428. The Hall–Kier alpha value is -2.48. The molecule has 162 valence electrons. The highest BCUT2D eigenvalue weighted by molar-refractivity contribution is 8.00. The topological polar surface area (TPSA) is 51.2 Å². The number of thioether (sulfide) groups is 1. The third-order valence-electron chi connectivity index (χ3n) is 5.78. The number of para-hydroxylation sites is 1. The van der Waals surface area contributed by atoms with Crippen LogP contribution in [-0.4, -0.2) is 47.8 Å². The average Bonchev–Trinajstić information content (AvgIpc) is 3.34. The molecule has 0 spiro atoms. The molecule has 2 aromatic rings. The summed E-state index contributed by atoms with van der Waals surface area (Å²) in [6.45, 7) is 1.73. The first-order valence-electron chi connectivity index (χ1n) is 10.3. The number of benzene rings is 2. The SMILES string of the molecule is CN(N=CN1C(c2ccccc2)=CN2c3ccccc3SC12)C(=O)C1CCCNC1.Cl. The number of anilines is 1. The van der Waals surface area contributed by atoms with E-state index in [0.717, 1.165) is 37.2 Å². The van der Waals surface area contributed by atoms with Crippen molar-refractivity contribution in [1.29, 1.82) is 0 Å². The van der Waals surface area contributed by atoms with Crippen LogP contribution in [0.3, 0.4) is 0 Å². The van der Waals surface area contributed by atoms with Gasteiger partial charge in [0.15, 0.2) is 5.50 Å². The molecule has 1 saturated heterocycles. The van der Waals surface area contributed by atoms with Gasteiger partial charge >= 0.3 is 0 Å². The van der Waals surface area contributed by atoms with Gasteiger partial charge in [0.2, 0.25) is 5.91 Å². The molecule has 3 aliphatic rings. The normalized spacial score (nSPS) is 22.0. The van der Waals surface area contributed by atoms with Gasteiger partial charge in [-0.15, -0.1) is 12.4 Å². The number of hydrogen-bond donors (Lipinski definition) is 1. The van der Waals surface area contributed by atoms with Gasteiger partial charge in [-0.05, 0) is 37.1 Å². The molecule has 31 heavy (non-hydrogen) atoms. The van der Waals surface area contributed by atoms with Crippen molar-refractivity contribution in [2.24, 2.45) is 11.0 Å². The number of halogens is 1. The zero-order valence-corrected chi connectivity index (χ0v) is 19.0. The van der Waals surface area contributed by atoms with Crippen LogP contribution in [0, 0.1) is 5.92 Å². The standard InChI is InChI=1S/C23H25N5OS.ClH/c1-26(22(29)18-10-7-13-24-14-18)25-16-28-20(17-8-3-2-4-9-17)15-27-19-11-5-6-12-21(19)30-23(27)28;/h2-6,8-9,11-12,15-16,18,23-24H,7,10,13-14H2,1H3;1H. The maximum Gasteiger partial charge on any atom is 0.246 e. The van der Waals surface area contributed by atoms with Crippen LogP contribution in [-0.2, 0) is 4.79 Å². The number of hydrogen-bond acceptors (Lipinski definition) is 5. The summed E-state index contributed by atoms with van der Waals surface area (Å²) in [6.07, 6.45) is 5.94. The lowest BCUT2D eigenvalue weighted by Crippen LogP contribution is -2.40. The second kappa shape index (κ2) is 9.34. The van der Waals surface area contributed by atoms with Gasteiger partial charge in [-0.25, -0.2) is 5.01 Å². The van der Waals surface area contributed by atoms with E-state index >= 15 is 0 Å². The highest BCUT2D eigenvalue weighted by Crippen LogP contribution is 2.49. The minimum absolute atomic E-state index is 0. The minimum atomic E-state index is 0. The molecule has 0 radical (unpaired) electrons. The molecule has 6 nitrogen and oxygen atoms in total. The van der Waals surface area contributed by atoms with Gasteiger partial charge in [0, 0.05) is 24.7 Å². The Morgan fingerprint density at radius 3 is 2.74 bits per heavy atom. The lowest BCUT2D eigenvalue weighted by atomic mass is 9.99. The van der Waals surface area contributed by atoms with Crippen molar-refractivity contribution < 1.29 is 4.79 Å². The first-order chi connectivity index (χ1) is 14.7. The van der Waals surface area contributed by atoms with Crippen molar-refractivity contribution in [2.45, 2.75) is 23.2 Å². The molecule has 2 unspecified atom stereocenters. The van der Waals surface area contributed by atoms with Crippen LogP contribution in [0.2, 0.25) is 0 Å². The van der Waals surface area contributed by atoms with Crippen LogP contribution in [0.4, 0.5) is 5.69 Å². The van der Waals surface area contributed by atoms with E-state index in [-0.39, 0.29) is 29.7 Å². The van der Waals surface area contributed by atoms with Crippen LogP contribution in [0.15, 0.2) is 70.8 Å². The lowest BCUT2D eigenvalue weighted by molar-refractivity contribution is -0.134. The lowest BCUT2D eigenvalue weighted by Gasteiger charge is -2.27. The largest absolute Gasteiger partial charge is 0.316 e. The molecule has 1 amide bonds. The summed E-state index contributed by atoms with van der Waals surface area (Å²) in [5.41, 5.74) is 3.46. The third kappa shape index (κ3) is 4.18. The van der Waals surface area contributed by atoms with Crippen LogP contribution in [0.1, 0.15) is 18.4 Å². The molecule has 1 N–H and O–H groups in total. The molecule has 0 aliphatic carbocycles. The van der Waals surface area contributed by atoms with Gasteiger partial charge in [0.1, 0.15) is 6.34 Å². The zero-order chi connectivity index (χ0) is 20.5. The summed E-state index contributed by atoms with van der Waals surface area (Å²) >= 11 is 1.80. The molecule has 2 aromatic carbocycles. The fraction of sp³-hybridized carbons (Fsp3) is 0.304. The van der Waals surface area contributed by atoms with Gasteiger partial charge in [0.05, 0.1) is 17.3 Å². The van der Waals surface area contributed by atoms with Crippen molar-refractivity contribution in [3.05, 3.63) is 66.4 Å². The minimum Gasteiger partial charge on any atom is -0.316 e. The fourth-order valence-corrected chi connectivity index (χ4v) is 5.42. The van der Waals surface area contributed by atoms with Crippen LogP contribution in [0.25, 0.3) is 5.70 Å². The Labute approximate surface area is 193 Å².